The Bertz CT molecular complexity index is 1400. The normalized spacial score (nSPS) is 12.7. The maximum Gasteiger partial charge on any atom is 0.264 e. The highest BCUT2D eigenvalue weighted by Crippen LogP contribution is 2.32. The molecule has 0 bridgehead atoms. The molecule has 3 aromatic carbocycles. The maximum absolute atomic E-state index is 14.1. The van der Waals surface area contributed by atoms with Gasteiger partial charge in [-0.05, 0) is 62.1 Å². The van der Waals surface area contributed by atoms with Gasteiger partial charge in [0.25, 0.3) is 10.0 Å². The molecule has 0 aliphatic rings. The van der Waals surface area contributed by atoms with Gasteiger partial charge in [0.2, 0.25) is 11.8 Å². The molecule has 0 radical (unpaired) electrons. The lowest BCUT2D eigenvalue weighted by Crippen LogP contribution is -2.54. The van der Waals surface area contributed by atoms with E-state index in [0.717, 1.165) is 16.3 Å². The molecular weight excluding hydrogens is 562 g/mol. The van der Waals surface area contributed by atoms with Crippen molar-refractivity contribution in [3.8, 4) is 5.75 Å². The number of halogens is 1. The van der Waals surface area contributed by atoms with Crippen molar-refractivity contribution < 1.29 is 22.7 Å². The van der Waals surface area contributed by atoms with Crippen LogP contribution in [0.25, 0.3) is 0 Å². The van der Waals surface area contributed by atoms with Crippen LogP contribution in [0.3, 0.4) is 0 Å². The Kier molecular flexibility index (Phi) is 11.6. The smallest absolute Gasteiger partial charge is 0.264 e. The number of nitrogens with one attached hydrogen (secondary N) is 1. The van der Waals surface area contributed by atoms with Crippen LogP contribution in [-0.4, -0.2) is 57.4 Å². The summed E-state index contributed by atoms with van der Waals surface area (Å²) in [4.78, 5) is 28.9. The van der Waals surface area contributed by atoms with Gasteiger partial charge in [-0.3, -0.25) is 13.9 Å². The van der Waals surface area contributed by atoms with Gasteiger partial charge >= 0.3 is 0 Å². The molecule has 0 heterocycles. The molecule has 2 atom stereocenters. The van der Waals surface area contributed by atoms with Gasteiger partial charge < -0.3 is 15.0 Å². The summed E-state index contributed by atoms with van der Waals surface area (Å²) in [5, 5.41) is 3.18. The number of hydrogen-bond acceptors (Lipinski definition) is 5. The van der Waals surface area contributed by atoms with E-state index < -0.39 is 28.5 Å². The molecule has 1 N–H and O–H groups in total. The van der Waals surface area contributed by atoms with Crippen molar-refractivity contribution in [3.05, 3.63) is 89.4 Å². The Morgan fingerprint density at radius 2 is 1.59 bits per heavy atom. The average molecular weight is 600 g/mol. The van der Waals surface area contributed by atoms with Crippen molar-refractivity contribution in [3.63, 3.8) is 0 Å². The predicted octanol–water partition coefficient (Wildman–Crippen LogP) is 5.31. The topological polar surface area (TPSA) is 96.0 Å². The van der Waals surface area contributed by atoms with Crippen LogP contribution in [0.1, 0.15) is 39.2 Å². The van der Waals surface area contributed by atoms with Crippen LogP contribution < -0.4 is 14.4 Å². The molecule has 41 heavy (non-hydrogen) atoms. The molecule has 3 rings (SSSR count). The third-order valence-corrected chi connectivity index (χ3v) is 8.99. The molecule has 0 aliphatic carbocycles. The van der Waals surface area contributed by atoms with Crippen LogP contribution in [0.5, 0.6) is 5.75 Å². The number of benzene rings is 3. The molecule has 220 valence electrons. The number of methoxy groups -OCH3 is 1. The van der Waals surface area contributed by atoms with Gasteiger partial charge in [0.05, 0.1) is 22.7 Å². The number of anilines is 1. The Hall–Kier alpha value is -3.56. The van der Waals surface area contributed by atoms with Gasteiger partial charge in [-0.25, -0.2) is 8.42 Å². The van der Waals surface area contributed by atoms with E-state index in [2.05, 4.69) is 5.32 Å². The van der Waals surface area contributed by atoms with Crippen LogP contribution in [0.2, 0.25) is 5.02 Å². The second kappa shape index (κ2) is 14.9. The van der Waals surface area contributed by atoms with Crippen LogP contribution in [-0.2, 0) is 26.0 Å². The second-order valence-electron chi connectivity index (χ2n) is 9.71. The Morgan fingerprint density at radius 1 is 0.951 bits per heavy atom. The molecule has 0 unspecified atom stereocenters. The van der Waals surface area contributed by atoms with Crippen LogP contribution >= 0.6 is 11.6 Å². The molecule has 8 nitrogen and oxygen atoms in total. The SMILES string of the molecule is CC[C@H](C)NC(=O)[C@H](CC)N(CCc1ccccc1)C(=O)CN(c1ccc(OC)c(Cl)c1)S(=O)(=O)c1ccccc1. The number of ether oxygens (including phenoxy) is 1. The van der Waals surface area contributed by atoms with Gasteiger partial charge in [-0.2, -0.15) is 0 Å². The third kappa shape index (κ3) is 8.24. The predicted molar refractivity (Wildman–Crippen MR) is 163 cm³/mol. The summed E-state index contributed by atoms with van der Waals surface area (Å²) in [6.45, 7) is 5.42. The van der Waals surface area contributed by atoms with E-state index in [0.29, 0.717) is 18.6 Å². The highest BCUT2D eigenvalue weighted by Gasteiger charge is 2.34. The minimum Gasteiger partial charge on any atom is -0.495 e. The standard InChI is InChI=1S/C31H38ClN3O5S/c1-5-23(3)33-31(37)28(6-2)34(20-19-24-13-9-7-10-14-24)30(36)22-35(25-17-18-29(40-4)27(32)21-25)41(38,39)26-15-11-8-12-16-26/h7-18,21,23,28H,5-6,19-20,22H2,1-4H3,(H,33,37)/t23-,28-/m0/s1. The van der Waals surface area contributed by atoms with Crippen molar-refractivity contribution in [2.75, 3.05) is 24.5 Å². The number of hydrogen-bond donors (Lipinski definition) is 1. The zero-order valence-electron chi connectivity index (χ0n) is 23.9. The summed E-state index contributed by atoms with van der Waals surface area (Å²) in [5.74, 6) is -0.400. The van der Waals surface area contributed by atoms with Gasteiger partial charge in [0.1, 0.15) is 18.3 Å². The number of amides is 2. The summed E-state index contributed by atoms with van der Waals surface area (Å²) < 4.78 is 34.1. The Morgan fingerprint density at radius 3 is 2.15 bits per heavy atom. The lowest BCUT2D eigenvalue weighted by molar-refractivity contribution is -0.139. The minimum absolute atomic E-state index is 0.0251. The summed E-state index contributed by atoms with van der Waals surface area (Å²) in [7, 11) is -2.71. The van der Waals surface area contributed by atoms with E-state index in [1.54, 1.807) is 30.3 Å². The van der Waals surface area contributed by atoms with Crippen molar-refractivity contribution in [1.82, 2.24) is 10.2 Å². The van der Waals surface area contributed by atoms with Gasteiger partial charge in [-0.15, -0.1) is 0 Å². The van der Waals surface area contributed by atoms with Gasteiger partial charge in [-0.1, -0.05) is 74.0 Å². The Labute approximate surface area is 248 Å². The zero-order valence-corrected chi connectivity index (χ0v) is 25.5. The average Bonchev–Trinajstić information content (AvgIpc) is 2.98. The van der Waals surface area contributed by atoms with Crippen molar-refractivity contribution >= 4 is 39.1 Å². The molecule has 0 aliphatic heterocycles. The first-order chi connectivity index (χ1) is 19.6. The summed E-state index contributed by atoms with van der Waals surface area (Å²) in [6.07, 6.45) is 1.60. The lowest BCUT2D eigenvalue weighted by atomic mass is 10.1. The second-order valence-corrected chi connectivity index (χ2v) is 12.0. The number of rotatable bonds is 14. The quantitative estimate of drug-likeness (QED) is 0.271. The highest BCUT2D eigenvalue weighted by molar-refractivity contribution is 7.92. The maximum atomic E-state index is 14.1. The van der Waals surface area contributed by atoms with Crippen molar-refractivity contribution in [2.24, 2.45) is 0 Å². The van der Waals surface area contributed by atoms with Crippen LogP contribution in [0, 0.1) is 0 Å². The first kappa shape index (κ1) is 32.0. The van der Waals surface area contributed by atoms with Gasteiger partial charge in [0, 0.05) is 12.6 Å². The van der Waals surface area contributed by atoms with E-state index >= 15 is 0 Å². The summed E-state index contributed by atoms with van der Waals surface area (Å²) >= 11 is 6.37. The van der Waals surface area contributed by atoms with E-state index in [9.17, 15) is 18.0 Å². The molecular formula is C31H38ClN3O5S. The van der Waals surface area contributed by atoms with Crippen LogP contribution in [0.4, 0.5) is 5.69 Å². The molecule has 0 aromatic heterocycles. The number of nitrogens with zero attached hydrogens (tertiary/aromatic N) is 2. The van der Waals surface area contributed by atoms with Crippen molar-refractivity contribution in [2.45, 2.75) is 57.0 Å². The summed E-state index contributed by atoms with van der Waals surface area (Å²) in [6, 6.07) is 21.2. The molecule has 10 heteroatoms. The largest absolute Gasteiger partial charge is 0.495 e. The molecule has 3 aromatic rings. The van der Waals surface area contributed by atoms with E-state index in [1.807, 2.05) is 51.1 Å². The number of sulfonamides is 1. The highest BCUT2D eigenvalue weighted by atomic mass is 35.5. The van der Waals surface area contributed by atoms with Crippen LogP contribution in [0.15, 0.2) is 83.8 Å². The summed E-state index contributed by atoms with van der Waals surface area (Å²) in [5.41, 5.74) is 1.20. The monoisotopic (exact) mass is 599 g/mol. The fourth-order valence-electron chi connectivity index (χ4n) is 4.40. The Balaban J connectivity index is 2.03. The minimum atomic E-state index is -4.18. The zero-order chi connectivity index (χ0) is 30.0. The third-order valence-electron chi connectivity index (χ3n) is 6.90. The van der Waals surface area contributed by atoms with Gasteiger partial charge in [0.15, 0.2) is 0 Å². The first-order valence-corrected chi connectivity index (χ1v) is 15.5. The number of carbonyl (C=O) groups is 2. The van der Waals surface area contributed by atoms with E-state index in [1.165, 1.54) is 30.2 Å². The molecule has 0 spiro atoms. The van der Waals surface area contributed by atoms with E-state index in [-0.39, 0.29) is 34.1 Å². The molecule has 2 amide bonds. The fraction of sp³-hybridized carbons (Fsp3) is 0.355. The molecule has 0 saturated heterocycles. The van der Waals surface area contributed by atoms with Crippen molar-refractivity contribution in [1.29, 1.82) is 0 Å². The fourth-order valence-corrected chi connectivity index (χ4v) is 6.07. The molecule has 0 saturated carbocycles. The first-order valence-electron chi connectivity index (χ1n) is 13.7. The molecule has 0 fully saturated rings. The lowest BCUT2D eigenvalue weighted by Gasteiger charge is -2.33. The van der Waals surface area contributed by atoms with E-state index in [4.69, 9.17) is 16.3 Å². The number of carbonyl (C=O) groups excluding carboxylic acids is 2.